The average molecular weight is 308 g/mol. The molecule has 3 heteroatoms. The van der Waals surface area contributed by atoms with Crippen molar-refractivity contribution in [3.05, 3.63) is 42.0 Å². The Morgan fingerprint density at radius 2 is 1.96 bits per heavy atom. The van der Waals surface area contributed by atoms with Gasteiger partial charge in [-0.25, -0.2) is 0 Å². The molecule has 4 aliphatic rings. The van der Waals surface area contributed by atoms with Crippen molar-refractivity contribution < 1.29 is 4.79 Å². The van der Waals surface area contributed by atoms with Gasteiger partial charge in [0.15, 0.2) is 0 Å². The second kappa shape index (κ2) is 4.94. The lowest BCUT2D eigenvalue weighted by molar-refractivity contribution is -0.122. The molecule has 3 unspecified atom stereocenters. The zero-order chi connectivity index (χ0) is 15.4. The van der Waals surface area contributed by atoms with Gasteiger partial charge in [-0.15, -0.1) is 0 Å². The average Bonchev–Trinajstić information content (AvgIpc) is 3.25. The molecule has 1 aromatic carbocycles. The largest absolute Gasteiger partial charge is 0.325 e. The molecule has 23 heavy (non-hydrogen) atoms. The number of likely N-dealkylation sites (tertiary alicyclic amines) is 1. The van der Waals surface area contributed by atoms with E-state index in [2.05, 4.69) is 34.5 Å². The van der Waals surface area contributed by atoms with E-state index >= 15 is 0 Å². The fraction of sp³-hybridized carbons (Fsp3) is 0.550. The van der Waals surface area contributed by atoms with Crippen molar-refractivity contribution in [2.45, 2.75) is 31.1 Å². The van der Waals surface area contributed by atoms with E-state index in [1.807, 2.05) is 12.1 Å². The highest BCUT2D eigenvalue weighted by molar-refractivity contribution is 6.06. The number of piperidine rings is 1. The van der Waals surface area contributed by atoms with E-state index in [1.165, 1.54) is 24.9 Å². The molecule has 2 fully saturated rings. The van der Waals surface area contributed by atoms with Gasteiger partial charge in [-0.3, -0.25) is 4.79 Å². The molecular formula is C20H24N2O. The molecule has 120 valence electrons. The Bertz CT molecular complexity index is 672. The molecule has 0 radical (unpaired) electrons. The molecule has 1 spiro atoms. The minimum Gasteiger partial charge on any atom is -0.325 e. The van der Waals surface area contributed by atoms with Crippen LogP contribution in [-0.4, -0.2) is 30.4 Å². The number of amides is 1. The quantitative estimate of drug-likeness (QED) is 0.851. The maximum Gasteiger partial charge on any atom is 0.235 e. The second-order valence-corrected chi connectivity index (χ2v) is 7.92. The van der Waals surface area contributed by atoms with Gasteiger partial charge in [0.2, 0.25) is 5.91 Å². The minimum atomic E-state index is -0.262. The van der Waals surface area contributed by atoms with Crippen LogP contribution >= 0.6 is 0 Å². The monoisotopic (exact) mass is 308 g/mol. The van der Waals surface area contributed by atoms with Crippen LogP contribution in [0.2, 0.25) is 0 Å². The van der Waals surface area contributed by atoms with E-state index < -0.39 is 0 Å². The number of hydrogen-bond acceptors (Lipinski definition) is 2. The van der Waals surface area contributed by atoms with E-state index in [9.17, 15) is 4.79 Å². The smallest absolute Gasteiger partial charge is 0.235 e. The van der Waals surface area contributed by atoms with Gasteiger partial charge in [-0.05, 0) is 68.2 Å². The Labute approximate surface area is 137 Å². The lowest BCUT2D eigenvalue weighted by Crippen LogP contribution is -2.47. The van der Waals surface area contributed by atoms with E-state index in [0.717, 1.165) is 49.4 Å². The molecule has 5 rings (SSSR count). The number of carbonyl (C=O) groups is 1. The van der Waals surface area contributed by atoms with Crippen LogP contribution in [0, 0.1) is 17.8 Å². The number of nitrogens with zero attached hydrogens (tertiary/aromatic N) is 1. The van der Waals surface area contributed by atoms with Crippen molar-refractivity contribution in [1.82, 2.24) is 4.90 Å². The van der Waals surface area contributed by atoms with E-state index in [4.69, 9.17) is 0 Å². The Kier molecular flexibility index (Phi) is 2.96. The first kappa shape index (κ1) is 13.8. The van der Waals surface area contributed by atoms with Crippen molar-refractivity contribution in [2.24, 2.45) is 17.8 Å². The van der Waals surface area contributed by atoms with Gasteiger partial charge in [0.05, 0.1) is 5.41 Å². The van der Waals surface area contributed by atoms with Crippen molar-refractivity contribution in [2.75, 3.05) is 25.0 Å². The van der Waals surface area contributed by atoms with Crippen molar-refractivity contribution in [1.29, 1.82) is 0 Å². The van der Waals surface area contributed by atoms with E-state index in [1.54, 1.807) is 0 Å². The molecule has 3 atom stereocenters. The number of benzene rings is 1. The van der Waals surface area contributed by atoms with E-state index in [0.29, 0.717) is 0 Å². The predicted octanol–water partition coefficient (Wildman–Crippen LogP) is 3.18. The summed E-state index contributed by atoms with van der Waals surface area (Å²) in [6, 6.07) is 8.25. The first-order valence-corrected chi connectivity index (χ1v) is 9.06. The van der Waals surface area contributed by atoms with Crippen LogP contribution < -0.4 is 5.32 Å². The summed E-state index contributed by atoms with van der Waals surface area (Å²) >= 11 is 0. The molecule has 1 aromatic rings. The molecule has 0 aromatic heterocycles. The molecule has 1 saturated carbocycles. The molecule has 1 N–H and O–H groups in total. The third-order valence-electron chi connectivity index (χ3n) is 6.74. The zero-order valence-corrected chi connectivity index (χ0v) is 13.5. The van der Waals surface area contributed by atoms with Gasteiger partial charge >= 0.3 is 0 Å². The van der Waals surface area contributed by atoms with Crippen LogP contribution in [0.15, 0.2) is 36.4 Å². The van der Waals surface area contributed by atoms with Gasteiger partial charge in [0.25, 0.3) is 0 Å². The van der Waals surface area contributed by atoms with Crippen LogP contribution in [0.1, 0.15) is 31.2 Å². The standard InChI is InChI=1S/C20H24N2O/c23-19-20(17-3-1-2-4-18(17)21-19)7-9-22(10-8-20)13-16-12-14-5-6-15(16)11-14/h1-6,14-16H,7-13H2,(H,21,23). The van der Waals surface area contributed by atoms with Crippen molar-refractivity contribution in [3.63, 3.8) is 0 Å². The fourth-order valence-corrected chi connectivity index (χ4v) is 5.42. The molecular weight excluding hydrogens is 284 g/mol. The molecule has 1 amide bonds. The summed E-state index contributed by atoms with van der Waals surface area (Å²) in [4.78, 5) is 15.2. The van der Waals surface area contributed by atoms with Crippen LogP contribution in [0.5, 0.6) is 0 Å². The van der Waals surface area contributed by atoms with Gasteiger partial charge in [-0.1, -0.05) is 30.4 Å². The highest BCUT2D eigenvalue weighted by atomic mass is 16.2. The number of nitrogens with one attached hydrogen (secondary N) is 1. The zero-order valence-electron chi connectivity index (χ0n) is 13.5. The fourth-order valence-electron chi connectivity index (χ4n) is 5.42. The predicted molar refractivity (Wildman–Crippen MR) is 91.3 cm³/mol. The third-order valence-corrected chi connectivity index (χ3v) is 6.74. The van der Waals surface area contributed by atoms with Gasteiger partial charge in [0.1, 0.15) is 0 Å². The van der Waals surface area contributed by atoms with Crippen LogP contribution in [0.4, 0.5) is 5.69 Å². The summed E-state index contributed by atoms with van der Waals surface area (Å²) in [6.45, 7) is 3.34. The van der Waals surface area contributed by atoms with E-state index in [-0.39, 0.29) is 11.3 Å². The topological polar surface area (TPSA) is 32.3 Å². The summed E-state index contributed by atoms with van der Waals surface area (Å²) in [5, 5.41) is 3.10. The number of hydrogen-bond donors (Lipinski definition) is 1. The Morgan fingerprint density at radius 1 is 1.13 bits per heavy atom. The molecule has 2 aliphatic carbocycles. The van der Waals surface area contributed by atoms with Gasteiger partial charge in [-0.2, -0.15) is 0 Å². The molecule has 2 bridgehead atoms. The number of anilines is 1. The summed E-state index contributed by atoms with van der Waals surface area (Å²) in [5.74, 6) is 2.75. The van der Waals surface area contributed by atoms with Crippen molar-refractivity contribution in [3.8, 4) is 0 Å². The SMILES string of the molecule is O=C1Nc2ccccc2C12CCN(CC1CC3C=CC1C3)CC2. The maximum atomic E-state index is 12.6. The Morgan fingerprint density at radius 3 is 2.70 bits per heavy atom. The number of fused-ring (bicyclic) bond motifs is 4. The Balaban J connectivity index is 1.29. The maximum absolute atomic E-state index is 12.6. The Hall–Kier alpha value is -1.61. The first-order valence-electron chi connectivity index (χ1n) is 9.06. The first-order chi connectivity index (χ1) is 11.2. The summed E-state index contributed by atoms with van der Waals surface area (Å²) in [7, 11) is 0. The van der Waals surface area contributed by atoms with Gasteiger partial charge in [0, 0.05) is 12.2 Å². The lowest BCUT2D eigenvalue weighted by Gasteiger charge is -2.39. The number of para-hydroxylation sites is 1. The lowest BCUT2D eigenvalue weighted by atomic mass is 9.73. The third kappa shape index (κ3) is 2.02. The molecule has 3 nitrogen and oxygen atoms in total. The second-order valence-electron chi connectivity index (χ2n) is 7.92. The van der Waals surface area contributed by atoms with Crippen molar-refractivity contribution >= 4 is 11.6 Å². The van der Waals surface area contributed by atoms with Crippen LogP contribution in [-0.2, 0) is 10.2 Å². The molecule has 1 saturated heterocycles. The van der Waals surface area contributed by atoms with Crippen LogP contribution in [0.25, 0.3) is 0 Å². The summed E-state index contributed by atoms with van der Waals surface area (Å²) in [5.41, 5.74) is 2.00. The minimum absolute atomic E-state index is 0.223. The number of allylic oxidation sites excluding steroid dienone is 2. The molecule has 2 aliphatic heterocycles. The highest BCUT2D eigenvalue weighted by Gasteiger charge is 2.48. The molecule has 2 heterocycles. The van der Waals surface area contributed by atoms with Gasteiger partial charge < -0.3 is 10.2 Å². The highest BCUT2D eigenvalue weighted by Crippen LogP contribution is 2.47. The normalized spacial score (nSPS) is 34.1. The number of carbonyl (C=O) groups excluding carboxylic acids is 1. The summed E-state index contributed by atoms with van der Waals surface area (Å²) in [6.07, 6.45) is 9.57. The number of rotatable bonds is 2. The van der Waals surface area contributed by atoms with Crippen LogP contribution in [0.3, 0.4) is 0 Å². The summed E-state index contributed by atoms with van der Waals surface area (Å²) < 4.78 is 0.